The van der Waals surface area contributed by atoms with Crippen LogP contribution in [0.2, 0.25) is 0 Å². The summed E-state index contributed by atoms with van der Waals surface area (Å²) in [4.78, 5) is 21.2. The molecule has 2 aliphatic heterocycles. The summed E-state index contributed by atoms with van der Waals surface area (Å²) in [5.74, 6) is 0.00338. The van der Waals surface area contributed by atoms with Gasteiger partial charge in [-0.3, -0.25) is 9.59 Å². The van der Waals surface area contributed by atoms with Crippen molar-refractivity contribution < 1.29 is 19.1 Å². The molecule has 0 spiro atoms. The topological polar surface area (TPSA) is 52.6 Å². The first-order valence-electron chi connectivity index (χ1n) is 7.25. The maximum absolute atomic E-state index is 10.9. The lowest BCUT2D eigenvalue weighted by molar-refractivity contribution is -0.152. The fourth-order valence-corrected chi connectivity index (χ4v) is 1.78. The normalized spacial score (nSPS) is 20.5. The zero-order valence-electron chi connectivity index (χ0n) is 12.5. The Bertz CT molecular complexity index is 320. The molecular weight excluding hydrogens is 336 g/mol. The second kappa shape index (κ2) is 13.9. The molecule has 2 heterocycles. The summed E-state index contributed by atoms with van der Waals surface area (Å²) in [6, 6.07) is 0. The largest absolute Gasteiger partial charge is 0.466 e. The Labute approximate surface area is 135 Å². The van der Waals surface area contributed by atoms with E-state index in [1.165, 1.54) is 0 Å². The van der Waals surface area contributed by atoms with Crippen LogP contribution in [-0.2, 0) is 19.1 Å². The third-order valence-corrected chi connectivity index (χ3v) is 3.33. The molecule has 2 aliphatic rings. The smallest absolute Gasteiger partial charge is 0.309 e. The van der Waals surface area contributed by atoms with E-state index in [-0.39, 0.29) is 17.9 Å². The number of ether oxygens (including phenoxy) is 2. The van der Waals surface area contributed by atoms with E-state index < -0.39 is 0 Å². The number of cyclic esters (lactones) is 2. The third-order valence-electron chi connectivity index (χ3n) is 2.87. The highest BCUT2D eigenvalue weighted by molar-refractivity contribution is 9.09. The standard InChI is InChI=1S/C8H12O2.C5H8O2.C3H5Br/c1-2-4-7-5-3-6-10-8(7)9;6-5-3-1-2-4-7-5;1-2-3-4/h2,7H,1,3-6H2;1-4H2;2H,1,3H2. The second-order valence-corrected chi connectivity index (χ2v) is 5.30. The van der Waals surface area contributed by atoms with Crippen LogP contribution in [0, 0.1) is 5.92 Å². The van der Waals surface area contributed by atoms with E-state index >= 15 is 0 Å². The van der Waals surface area contributed by atoms with Gasteiger partial charge in [-0.25, -0.2) is 0 Å². The summed E-state index contributed by atoms with van der Waals surface area (Å²) >= 11 is 3.13. The van der Waals surface area contributed by atoms with Gasteiger partial charge in [0.1, 0.15) is 0 Å². The molecule has 2 rings (SSSR count). The molecule has 4 nitrogen and oxygen atoms in total. The molecule has 0 bridgehead atoms. The van der Waals surface area contributed by atoms with Crippen molar-refractivity contribution in [3.8, 4) is 0 Å². The van der Waals surface area contributed by atoms with Crippen LogP contribution in [0.25, 0.3) is 0 Å². The van der Waals surface area contributed by atoms with Gasteiger partial charge in [-0.05, 0) is 32.1 Å². The van der Waals surface area contributed by atoms with Crippen molar-refractivity contribution in [2.45, 2.75) is 38.5 Å². The lowest BCUT2D eigenvalue weighted by atomic mass is 9.98. The van der Waals surface area contributed by atoms with Crippen LogP contribution in [0.4, 0.5) is 0 Å². The van der Waals surface area contributed by atoms with Crippen molar-refractivity contribution in [3.05, 3.63) is 25.3 Å². The van der Waals surface area contributed by atoms with E-state index in [2.05, 4.69) is 33.8 Å². The van der Waals surface area contributed by atoms with Gasteiger partial charge in [0.05, 0.1) is 19.1 Å². The quantitative estimate of drug-likeness (QED) is 0.436. The van der Waals surface area contributed by atoms with Crippen molar-refractivity contribution in [2.75, 3.05) is 18.5 Å². The van der Waals surface area contributed by atoms with Crippen LogP contribution in [0.15, 0.2) is 25.3 Å². The van der Waals surface area contributed by atoms with Gasteiger partial charge in [-0.1, -0.05) is 28.1 Å². The fourth-order valence-electron chi connectivity index (χ4n) is 1.78. The number of carbonyl (C=O) groups excluding carboxylic acids is 2. The van der Waals surface area contributed by atoms with Gasteiger partial charge in [0, 0.05) is 11.8 Å². The van der Waals surface area contributed by atoms with Gasteiger partial charge in [0.2, 0.25) is 0 Å². The van der Waals surface area contributed by atoms with Crippen molar-refractivity contribution in [3.63, 3.8) is 0 Å². The summed E-state index contributed by atoms with van der Waals surface area (Å²) in [5, 5.41) is 0.896. The number of allylic oxidation sites excluding steroid dienone is 2. The summed E-state index contributed by atoms with van der Waals surface area (Å²) in [6.07, 6.45) is 8.98. The highest BCUT2D eigenvalue weighted by Gasteiger charge is 2.21. The highest BCUT2D eigenvalue weighted by Crippen LogP contribution is 2.18. The Kier molecular flexibility index (Phi) is 13.1. The Morgan fingerprint density at radius 3 is 2.14 bits per heavy atom. The van der Waals surface area contributed by atoms with Crippen LogP contribution in [0.1, 0.15) is 38.5 Å². The van der Waals surface area contributed by atoms with Crippen molar-refractivity contribution >= 4 is 27.9 Å². The van der Waals surface area contributed by atoms with Gasteiger partial charge in [-0.2, -0.15) is 0 Å². The molecule has 2 fully saturated rings. The lowest BCUT2D eigenvalue weighted by Crippen LogP contribution is -2.23. The molecule has 0 amide bonds. The van der Waals surface area contributed by atoms with Crippen molar-refractivity contribution in [1.29, 1.82) is 0 Å². The minimum atomic E-state index is -0.0499. The maximum Gasteiger partial charge on any atom is 0.309 e. The van der Waals surface area contributed by atoms with E-state index in [1.54, 1.807) is 12.2 Å². The van der Waals surface area contributed by atoms with Crippen LogP contribution in [-0.4, -0.2) is 30.5 Å². The zero-order valence-corrected chi connectivity index (χ0v) is 14.1. The maximum atomic E-state index is 10.9. The van der Waals surface area contributed by atoms with Crippen molar-refractivity contribution in [1.82, 2.24) is 0 Å². The molecule has 120 valence electrons. The van der Waals surface area contributed by atoms with E-state index in [1.807, 2.05) is 0 Å². The van der Waals surface area contributed by atoms with E-state index in [9.17, 15) is 9.59 Å². The molecule has 0 aromatic heterocycles. The van der Waals surface area contributed by atoms with Gasteiger partial charge in [0.25, 0.3) is 0 Å². The first kappa shape index (κ1) is 19.9. The molecule has 0 saturated carbocycles. The predicted octanol–water partition coefficient (Wildman–Crippen LogP) is 3.80. The molecule has 5 heteroatoms. The Morgan fingerprint density at radius 1 is 1.10 bits per heavy atom. The van der Waals surface area contributed by atoms with E-state index in [0.29, 0.717) is 19.6 Å². The zero-order chi connectivity index (χ0) is 15.9. The monoisotopic (exact) mass is 360 g/mol. The van der Waals surface area contributed by atoms with Gasteiger partial charge in [0.15, 0.2) is 0 Å². The summed E-state index contributed by atoms with van der Waals surface area (Å²) in [7, 11) is 0. The molecule has 0 aromatic rings. The first-order chi connectivity index (χ1) is 10.2. The van der Waals surface area contributed by atoms with Crippen LogP contribution < -0.4 is 0 Å². The fraction of sp³-hybridized carbons (Fsp3) is 0.625. The third kappa shape index (κ3) is 11.3. The van der Waals surface area contributed by atoms with Crippen LogP contribution in [0.3, 0.4) is 0 Å². The van der Waals surface area contributed by atoms with Crippen LogP contribution >= 0.6 is 15.9 Å². The number of halogens is 1. The lowest BCUT2D eigenvalue weighted by Gasteiger charge is -2.18. The minimum Gasteiger partial charge on any atom is -0.466 e. The minimum absolute atomic E-state index is 0.0359. The molecule has 0 aromatic carbocycles. The van der Waals surface area contributed by atoms with E-state index in [0.717, 1.165) is 37.4 Å². The number of rotatable bonds is 3. The molecule has 2 saturated heterocycles. The molecule has 1 unspecified atom stereocenters. The predicted molar refractivity (Wildman–Crippen MR) is 87.3 cm³/mol. The Balaban J connectivity index is 0.000000317. The van der Waals surface area contributed by atoms with Crippen molar-refractivity contribution in [2.24, 2.45) is 5.92 Å². The summed E-state index contributed by atoms with van der Waals surface area (Å²) in [6.45, 7) is 8.26. The number of carbonyl (C=O) groups is 2. The molecule has 0 N–H and O–H groups in total. The summed E-state index contributed by atoms with van der Waals surface area (Å²) in [5.41, 5.74) is 0. The molecule has 21 heavy (non-hydrogen) atoms. The number of hydrogen-bond donors (Lipinski definition) is 0. The first-order valence-corrected chi connectivity index (χ1v) is 8.37. The van der Waals surface area contributed by atoms with Crippen LogP contribution in [0.5, 0.6) is 0 Å². The average Bonchev–Trinajstić information content (AvgIpc) is 2.51. The van der Waals surface area contributed by atoms with E-state index in [4.69, 9.17) is 4.74 Å². The Morgan fingerprint density at radius 2 is 1.76 bits per heavy atom. The number of esters is 2. The average molecular weight is 361 g/mol. The van der Waals surface area contributed by atoms with Gasteiger partial charge in [-0.15, -0.1) is 13.2 Å². The second-order valence-electron chi connectivity index (χ2n) is 4.65. The van der Waals surface area contributed by atoms with Gasteiger partial charge < -0.3 is 9.47 Å². The van der Waals surface area contributed by atoms with Gasteiger partial charge >= 0.3 is 11.9 Å². The molecule has 0 aliphatic carbocycles. The molecular formula is C16H25BrO4. The Hall–Kier alpha value is -1.10. The number of hydrogen-bond acceptors (Lipinski definition) is 4. The molecule has 0 radical (unpaired) electrons. The number of alkyl halides is 1. The SMILES string of the molecule is C=CCBr.C=CCC1CCCOC1=O.O=C1CCCCO1. The molecule has 1 atom stereocenters. The highest BCUT2D eigenvalue weighted by atomic mass is 79.9. The summed E-state index contributed by atoms with van der Waals surface area (Å²) < 4.78 is 9.50.